The van der Waals surface area contributed by atoms with Crippen LogP contribution in [0.5, 0.6) is 0 Å². The topological polar surface area (TPSA) is 94.0 Å². The molecule has 6 heteroatoms. The number of benzene rings is 1. The molecule has 106 valence electrons. The van der Waals surface area contributed by atoms with Crippen molar-refractivity contribution in [3.05, 3.63) is 30.2 Å². The van der Waals surface area contributed by atoms with E-state index in [1.807, 2.05) is 32.0 Å². The second-order valence-electron chi connectivity index (χ2n) is 4.66. The van der Waals surface area contributed by atoms with Crippen molar-refractivity contribution in [3.8, 4) is 11.5 Å². The number of hydrogen-bond acceptors (Lipinski definition) is 5. The van der Waals surface area contributed by atoms with Crippen LogP contribution in [0.1, 0.15) is 25.3 Å². The van der Waals surface area contributed by atoms with Crippen LogP contribution < -0.4 is 11.1 Å². The van der Waals surface area contributed by atoms with Gasteiger partial charge in [-0.05, 0) is 37.1 Å². The quantitative estimate of drug-likeness (QED) is 0.870. The predicted molar refractivity (Wildman–Crippen MR) is 76.0 cm³/mol. The maximum Gasteiger partial charge on any atom is 0.247 e. The predicted octanol–water partition coefficient (Wildman–Crippen LogP) is 2.11. The van der Waals surface area contributed by atoms with E-state index in [4.69, 9.17) is 10.2 Å². The molecule has 1 aromatic carbocycles. The van der Waals surface area contributed by atoms with E-state index in [2.05, 4.69) is 15.5 Å². The molecule has 0 saturated carbocycles. The number of amides is 1. The molecule has 0 unspecified atom stereocenters. The van der Waals surface area contributed by atoms with Crippen molar-refractivity contribution in [2.24, 2.45) is 5.73 Å². The minimum Gasteiger partial charge on any atom is -0.423 e. The fourth-order valence-corrected chi connectivity index (χ4v) is 1.90. The SMILES string of the molecule is CCC[C@H](N)C(=O)Nc1ccc(-c2nnco2)cc1C. The maximum absolute atomic E-state index is 11.9. The Kier molecular flexibility index (Phi) is 4.47. The van der Waals surface area contributed by atoms with Gasteiger partial charge in [-0.1, -0.05) is 13.3 Å². The third-order valence-corrected chi connectivity index (χ3v) is 3.03. The molecule has 2 aromatic rings. The summed E-state index contributed by atoms with van der Waals surface area (Å²) in [6.45, 7) is 3.90. The van der Waals surface area contributed by atoms with Crippen LogP contribution in [-0.2, 0) is 4.79 Å². The fraction of sp³-hybridized carbons (Fsp3) is 0.357. The van der Waals surface area contributed by atoms with E-state index in [9.17, 15) is 4.79 Å². The van der Waals surface area contributed by atoms with Gasteiger partial charge in [0, 0.05) is 11.3 Å². The zero-order valence-corrected chi connectivity index (χ0v) is 11.6. The largest absolute Gasteiger partial charge is 0.423 e. The standard InChI is InChI=1S/C14H18N4O2/c1-3-4-11(15)13(19)17-12-6-5-10(7-9(12)2)14-18-16-8-20-14/h5-8,11H,3-4,15H2,1-2H3,(H,17,19)/t11-/m0/s1. The van der Waals surface area contributed by atoms with Crippen LogP contribution in [0.3, 0.4) is 0 Å². The molecule has 2 rings (SSSR count). The van der Waals surface area contributed by atoms with E-state index < -0.39 is 6.04 Å². The van der Waals surface area contributed by atoms with Crippen molar-refractivity contribution in [2.45, 2.75) is 32.7 Å². The van der Waals surface area contributed by atoms with Gasteiger partial charge in [0.15, 0.2) is 0 Å². The molecule has 0 fully saturated rings. The van der Waals surface area contributed by atoms with Gasteiger partial charge in [0.2, 0.25) is 18.2 Å². The highest BCUT2D eigenvalue weighted by atomic mass is 16.4. The summed E-state index contributed by atoms with van der Waals surface area (Å²) < 4.78 is 5.14. The number of hydrogen-bond donors (Lipinski definition) is 2. The molecule has 0 aliphatic carbocycles. The van der Waals surface area contributed by atoms with E-state index in [0.29, 0.717) is 12.3 Å². The summed E-state index contributed by atoms with van der Waals surface area (Å²) in [5.74, 6) is 0.286. The second kappa shape index (κ2) is 6.29. The first-order valence-electron chi connectivity index (χ1n) is 6.55. The van der Waals surface area contributed by atoms with Crippen LogP contribution in [0.2, 0.25) is 0 Å². The fourth-order valence-electron chi connectivity index (χ4n) is 1.90. The molecule has 0 aliphatic rings. The Bertz CT molecular complexity index is 581. The Hall–Kier alpha value is -2.21. The van der Waals surface area contributed by atoms with Crippen LogP contribution in [0.25, 0.3) is 11.5 Å². The minimum atomic E-state index is -0.477. The first-order chi connectivity index (χ1) is 9.61. The van der Waals surface area contributed by atoms with Crippen molar-refractivity contribution in [3.63, 3.8) is 0 Å². The molecule has 1 aromatic heterocycles. The van der Waals surface area contributed by atoms with Gasteiger partial charge in [0.1, 0.15) is 0 Å². The number of rotatable bonds is 5. The molecular formula is C14H18N4O2. The molecular weight excluding hydrogens is 256 g/mol. The summed E-state index contributed by atoms with van der Waals surface area (Å²) in [4.78, 5) is 11.9. The third kappa shape index (κ3) is 3.21. The van der Waals surface area contributed by atoms with Gasteiger partial charge < -0.3 is 15.5 Å². The van der Waals surface area contributed by atoms with Gasteiger partial charge in [-0.25, -0.2) is 0 Å². The van der Waals surface area contributed by atoms with Crippen LogP contribution in [-0.4, -0.2) is 22.1 Å². The monoisotopic (exact) mass is 274 g/mol. The summed E-state index contributed by atoms with van der Waals surface area (Å²) in [6, 6.07) is 5.04. The van der Waals surface area contributed by atoms with Crippen molar-refractivity contribution < 1.29 is 9.21 Å². The summed E-state index contributed by atoms with van der Waals surface area (Å²) in [7, 11) is 0. The second-order valence-corrected chi connectivity index (χ2v) is 4.66. The van der Waals surface area contributed by atoms with E-state index in [1.54, 1.807) is 0 Å². The number of anilines is 1. The summed E-state index contributed by atoms with van der Waals surface area (Å²) in [5.41, 5.74) is 8.26. The molecule has 1 heterocycles. The number of nitrogens with one attached hydrogen (secondary N) is 1. The molecule has 0 aliphatic heterocycles. The number of carbonyl (C=O) groups excluding carboxylic acids is 1. The Morgan fingerprint density at radius 2 is 2.30 bits per heavy atom. The smallest absolute Gasteiger partial charge is 0.247 e. The molecule has 0 radical (unpaired) electrons. The average molecular weight is 274 g/mol. The normalized spacial score (nSPS) is 12.2. The van der Waals surface area contributed by atoms with Gasteiger partial charge in [0.05, 0.1) is 6.04 Å². The lowest BCUT2D eigenvalue weighted by Gasteiger charge is -2.13. The van der Waals surface area contributed by atoms with Gasteiger partial charge >= 0.3 is 0 Å². The maximum atomic E-state index is 11.9. The van der Waals surface area contributed by atoms with Crippen molar-refractivity contribution in [2.75, 3.05) is 5.32 Å². The van der Waals surface area contributed by atoms with Crippen LogP contribution >= 0.6 is 0 Å². The lowest BCUT2D eigenvalue weighted by atomic mass is 10.1. The van der Waals surface area contributed by atoms with Crippen LogP contribution in [0.4, 0.5) is 5.69 Å². The van der Waals surface area contributed by atoms with Gasteiger partial charge in [-0.15, -0.1) is 10.2 Å². The summed E-state index contributed by atoms with van der Waals surface area (Å²) in [6.07, 6.45) is 2.83. The highest BCUT2D eigenvalue weighted by Gasteiger charge is 2.14. The van der Waals surface area contributed by atoms with E-state index in [1.165, 1.54) is 6.39 Å². The zero-order valence-electron chi connectivity index (χ0n) is 11.6. The molecule has 20 heavy (non-hydrogen) atoms. The van der Waals surface area contributed by atoms with Crippen LogP contribution in [0.15, 0.2) is 29.0 Å². The molecule has 1 amide bonds. The van der Waals surface area contributed by atoms with Gasteiger partial charge in [-0.3, -0.25) is 4.79 Å². The number of nitrogens with zero attached hydrogens (tertiary/aromatic N) is 2. The number of carbonyl (C=O) groups is 1. The Morgan fingerprint density at radius 1 is 1.50 bits per heavy atom. The lowest BCUT2D eigenvalue weighted by Crippen LogP contribution is -2.35. The third-order valence-electron chi connectivity index (χ3n) is 3.03. The highest BCUT2D eigenvalue weighted by Crippen LogP contribution is 2.23. The summed E-state index contributed by atoms with van der Waals surface area (Å²) >= 11 is 0. The van der Waals surface area contributed by atoms with Crippen molar-refractivity contribution >= 4 is 11.6 Å². The van der Waals surface area contributed by atoms with E-state index in [-0.39, 0.29) is 5.91 Å². The molecule has 0 bridgehead atoms. The van der Waals surface area contributed by atoms with Gasteiger partial charge in [-0.2, -0.15) is 0 Å². The zero-order chi connectivity index (χ0) is 14.5. The lowest BCUT2D eigenvalue weighted by molar-refractivity contribution is -0.117. The molecule has 1 atom stereocenters. The Balaban J connectivity index is 2.12. The summed E-state index contributed by atoms with van der Waals surface area (Å²) in [5, 5.41) is 10.3. The average Bonchev–Trinajstić information content (AvgIpc) is 2.95. The number of aryl methyl sites for hydroxylation is 1. The molecule has 3 N–H and O–H groups in total. The van der Waals surface area contributed by atoms with Gasteiger partial charge in [0.25, 0.3) is 0 Å². The first kappa shape index (κ1) is 14.2. The van der Waals surface area contributed by atoms with Crippen LogP contribution in [0, 0.1) is 6.92 Å². The first-order valence-corrected chi connectivity index (χ1v) is 6.55. The highest BCUT2D eigenvalue weighted by molar-refractivity contribution is 5.95. The van der Waals surface area contributed by atoms with E-state index >= 15 is 0 Å². The molecule has 6 nitrogen and oxygen atoms in total. The Morgan fingerprint density at radius 3 is 2.90 bits per heavy atom. The number of aromatic nitrogens is 2. The van der Waals surface area contributed by atoms with E-state index in [0.717, 1.165) is 23.2 Å². The Labute approximate surface area is 117 Å². The number of nitrogens with two attached hydrogens (primary N) is 1. The minimum absolute atomic E-state index is 0.166. The molecule has 0 spiro atoms. The molecule has 0 saturated heterocycles. The van der Waals surface area contributed by atoms with Crippen molar-refractivity contribution in [1.82, 2.24) is 10.2 Å². The van der Waals surface area contributed by atoms with Crippen molar-refractivity contribution in [1.29, 1.82) is 0 Å².